The highest BCUT2D eigenvalue weighted by atomic mass is 127. The molecule has 1 heterocycles. The Morgan fingerprint density at radius 1 is 1.04 bits per heavy atom. The second-order valence-electron chi connectivity index (χ2n) is 10.2. The van der Waals surface area contributed by atoms with Gasteiger partial charge >= 0.3 is 12.0 Å². The number of nitrogens with one attached hydrogen (secondary N) is 3. The summed E-state index contributed by atoms with van der Waals surface area (Å²) >= 11 is 2.18. The van der Waals surface area contributed by atoms with Crippen molar-refractivity contribution in [3.05, 3.63) is 91.7 Å². The number of aliphatic hydroxyl groups is 1. The summed E-state index contributed by atoms with van der Waals surface area (Å²) in [6.45, 7) is 6.07. The van der Waals surface area contributed by atoms with Gasteiger partial charge in [-0.05, 0) is 84.3 Å². The van der Waals surface area contributed by atoms with Gasteiger partial charge < -0.3 is 39.4 Å². The van der Waals surface area contributed by atoms with Crippen molar-refractivity contribution >= 4 is 40.8 Å². The van der Waals surface area contributed by atoms with Gasteiger partial charge in [-0.3, -0.25) is 5.43 Å². The SMILES string of the molecule is CCOc1cc([C@@H]2NC(=O)NC(C)=C2C(=O)OC)ccc1OC[C@H](O)N/N=C\c1cc(I)c(OCc2ccc(C)cc2)c(OC)c1. The number of urea groups is 1. The molecule has 0 aromatic heterocycles. The van der Waals surface area contributed by atoms with Gasteiger partial charge in [0.25, 0.3) is 0 Å². The van der Waals surface area contributed by atoms with Crippen LogP contribution in [0.5, 0.6) is 23.0 Å². The summed E-state index contributed by atoms with van der Waals surface area (Å²) in [5.74, 6) is 1.35. The summed E-state index contributed by atoms with van der Waals surface area (Å²) in [5, 5.41) is 20.0. The number of methoxy groups -OCH3 is 2. The highest BCUT2D eigenvalue weighted by Crippen LogP contribution is 2.36. The standard InChI is InChI=1S/C33H37IN4O8/c1-6-44-26-15-23(30-29(32(40)43-5)20(3)36-33(41)37-30)11-12-25(26)45-18-28(39)38-35-16-22-13-24(34)31(27(14-22)42-4)46-17-21-9-7-19(2)8-10-21/h7-16,28,30,38-39H,6,17-18H2,1-5H3,(H2,36,37,41)/b35-16-/t28-,30-/m0/s1. The molecule has 0 saturated heterocycles. The predicted octanol–water partition coefficient (Wildman–Crippen LogP) is 4.71. The van der Waals surface area contributed by atoms with E-state index in [1.807, 2.05) is 44.2 Å². The molecule has 0 spiro atoms. The molecule has 0 bridgehead atoms. The van der Waals surface area contributed by atoms with E-state index in [9.17, 15) is 14.7 Å². The van der Waals surface area contributed by atoms with Crippen LogP contribution in [0.25, 0.3) is 0 Å². The molecule has 3 aromatic carbocycles. The Kier molecular flexibility index (Phi) is 12.1. The molecule has 2 atom stereocenters. The van der Waals surface area contributed by atoms with Crippen molar-refractivity contribution in [1.29, 1.82) is 0 Å². The number of hydrogen-bond donors (Lipinski definition) is 4. The lowest BCUT2D eigenvalue weighted by atomic mass is 9.95. The number of amides is 2. The quantitative estimate of drug-likeness (QED) is 0.0606. The van der Waals surface area contributed by atoms with Crippen LogP contribution >= 0.6 is 22.6 Å². The number of nitrogens with zero attached hydrogens (tertiary/aromatic N) is 1. The summed E-state index contributed by atoms with van der Waals surface area (Å²) in [4.78, 5) is 24.6. The number of allylic oxidation sites excluding steroid dienone is 1. The molecular formula is C33H37IN4O8. The van der Waals surface area contributed by atoms with Crippen molar-refractivity contribution in [2.24, 2.45) is 5.10 Å². The molecule has 0 fully saturated rings. The fourth-order valence-corrected chi connectivity index (χ4v) is 5.40. The molecule has 244 valence electrons. The van der Waals surface area contributed by atoms with E-state index in [-0.39, 0.29) is 12.2 Å². The van der Waals surface area contributed by atoms with E-state index in [0.717, 1.165) is 14.7 Å². The van der Waals surface area contributed by atoms with Gasteiger partial charge in [0.1, 0.15) is 13.2 Å². The third-order valence-corrected chi connectivity index (χ3v) is 7.67. The van der Waals surface area contributed by atoms with Crippen LogP contribution in [0.1, 0.15) is 42.1 Å². The van der Waals surface area contributed by atoms with Gasteiger partial charge in [-0.2, -0.15) is 5.10 Å². The van der Waals surface area contributed by atoms with E-state index >= 15 is 0 Å². The number of benzene rings is 3. The number of hydrazone groups is 1. The summed E-state index contributed by atoms with van der Waals surface area (Å²) in [7, 11) is 2.85. The summed E-state index contributed by atoms with van der Waals surface area (Å²) in [6, 6.07) is 15.6. The summed E-state index contributed by atoms with van der Waals surface area (Å²) < 4.78 is 29.0. The maximum absolute atomic E-state index is 12.5. The summed E-state index contributed by atoms with van der Waals surface area (Å²) in [5.41, 5.74) is 6.87. The maximum atomic E-state index is 12.5. The van der Waals surface area contributed by atoms with Crippen LogP contribution in [0.3, 0.4) is 0 Å². The van der Waals surface area contributed by atoms with Gasteiger partial charge in [-0.15, -0.1) is 0 Å². The number of rotatable bonds is 14. The van der Waals surface area contributed by atoms with Crippen molar-refractivity contribution in [1.82, 2.24) is 16.1 Å². The normalized spacial score (nSPS) is 15.1. The molecule has 12 nitrogen and oxygen atoms in total. The average molecular weight is 745 g/mol. The van der Waals surface area contributed by atoms with Gasteiger partial charge in [-0.1, -0.05) is 35.9 Å². The first-order valence-corrected chi connectivity index (χ1v) is 15.5. The van der Waals surface area contributed by atoms with Crippen molar-refractivity contribution in [3.63, 3.8) is 0 Å². The summed E-state index contributed by atoms with van der Waals surface area (Å²) in [6.07, 6.45) is 0.406. The highest BCUT2D eigenvalue weighted by molar-refractivity contribution is 14.1. The molecule has 13 heteroatoms. The number of halogens is 1. The molecule has 4 N–H and O–H groups in total. The first kappa shape index (κ1) is 34.4. The van der Waals surface area contributed by atoms with Crippen molar-refractivity contribution in [2.75, 3.05) is 27.4 Å². The zero-order valence-corrected chi connectivity index (χ0v) is 28.3. The zero-order valence-electron chi connectivity index (χ0n) is 26.2. The van der Waals surface area contributed by atoms with E-state index in [2.05, 4.69) is 43.8 Å². The lowest BCUT2D eigenvalue weighted by Crippen LogP contribution is -2.45. The number of esters is 1. The molecule has 2 amide bonds. The minimum Gasteiger partial charge on any atom is -0.493 e. The van der Waals surface area contributed by atoms with E-state index < -0.39 is 24.3 Å². The van der Waals surface area contributed by atoms with E-state index in [1.54, 1.807) is 44.5 Å². The van der Waals surface area contributed by atoms with Crippen LogP contribution < -0.4 is 35.0 Å². The number of aryl methyl sites for hydroxylation is 1. The van der Waals surface area contributed by atoms with Gasteiger partial charge in [0.2, 0.25) is 0 Å². The fourth-order valence-electron chi connectivity index (χ4n) is 4.61. The molecule has 1 aliphatic rings. The van der Waals surface area contributed by atoms with Crippen molar-refractivity contribution in [3.8, 4) is 23.0 Å². The average Bonchev–Trinajstić information content (AvgIpc) is 3.03. The van der Waals surface area contributed by atoms with Crippen molar-refractivity contribution < 1.29 is 38.4 Å². The molecule has 3 aromatic rings. The van der Waals surface area contributed by atoms with Crippen LogP contribution in [-0.2, 0) is 16.1 Å². The lowest BCUT2D eigenvalue weighted by molar-refractivity contribution is -0.136. The van der Waals surface area contributed by atoms with E-state index in [0.29, 0.717) is 47.5 Å². The highest BCUT2D eigenvalue weighted by Gasteiger charge is 2.32. The van der Waals surface area contributed by atoms with Gasteiger partial charge in [-0.25, -0.2) is 9.59 Å². The maximum Gasteiger partial charge on any atom is 0.337 e. The molecule has 0 aliphatic carbocycles. The minimum absolute atomic E-state index is 0.153. The van der Waals surface area contributed by atoms with Crippen LogP contribution in [0.15, 0.2) is 71.0 Å². The number of carbonyl (C=O) groups is 2. The number of hydrogen-bond acceptors (Lipinski definition) is 10. The fraction of sp³-hybridized carbons (Fsp3) is 0.303. The second kappa shape index (κ2) is 16.2. The Balaban J connectivity index is 1.38. The zero-order chi connectivity index (χ0) is 33.2. The molecule has 0 radical (unpaired) electrons. The molecule has 1 aliphatic heterocycles. The number of aliphatic hydroxyl groups excluding tert-OH is 1. The Labute approximate surface area is 281 Å². The van der Waals surface area contributed by atoms with Crippen LogP contribution in [-0.4, -0.2) is 57.0 Å². The van der Waals surface area contributed by atoms with E-state index in [4.69, 9.17) is 23.7 Å². The second-order valence-corrected chi connectivity index (χ2v) is 11.4. The van der Waals surface area contributed by atoms with E-state index in [1.165, 1.54) is 12.7 Å². The topological polar surface area (TPSA) is 149 Å². The third-order valence-electron chi connectivity index (χ3n) is 6.86. The molecule has 46 heavy (non-hydrogen) atoms. The Morgan fingerprint density at radius 2 is 1.80 bits per heavy atom. The molecule has 0 saturated carbocycles. The third kappa shape index (κ3) is 8.81. The Bertz CT molecular complexity index is 1610. The lowest BCUT2D eigenvalue weighted by Gasteiger charge is -2.28. The predicted molar refractivity (Wildman–Crippen MR) is 180 cm³/mol. The number of ether oxygens (including phenoxy) is 5. The Morgan fingerprint density at radius 3 is 2.50 bits per heavy atom. The first-order valence-electron chi connectivity index (χ1n) is 14.4. The van der Waals surface area contributed by atoms with Crippen LogP contribution in [0, 0.1) is 10.5 Å². The van der Waals surface area contributed by atoms with Gasteiger partial charge in [0, 0.05) is 5.70 Å². The first-order chi connectivity index (χ1) is 22.1. The molecule has 4 rings (SSSR count). The smallest absolute Gasteiger partial charge is 0.337 e. The van der Waals surface area contributed by atoms with Crippen LogP contribution in [0.2, 0.25) is 0 Å². The minimum atomic E-state index is -1.15. The van der Waals surface area contributed by atoms with Gasteiger partial charge in [0.15, 0.2) is 29.2 Å². The monoisotopic (exact) mass is 744 g/mol. The largest absolute Gasteiger partial charge is 0.493 e. The van der Waals surface area contributed by atoms with Gasteiger partial charge in [0.05, 0.1) is 42.2 Å². The number of carbonyl (C=O) groups excluding carboxylic acids is 2. The van der Waals surface area contributed by atoms with Crippen molar-refractivity contribution in [2.45, 2.75) is 39.6 Å². The Hall–Kier alpha value is -4.50. The molecular weight excluding hydrogens is 707 g/mol. The molecule has 0 unspecified atom stereocenters. The van der Waals surface area contributed by atoms with Crippen LogP contribution in [0.4, 0.5) is 4.79 Å².